The number of carboxylic acid groups (broad SMARTS) is 1. The van der Waals surface area contributed by atoms with Gasteiger partial charge in [-0.25, -0.2) is 9.78 Å². The average Bonchev–Trinajstić information content (AvgIpc) is 2.60. The Hall–Kier alpha value is -1.54. The zero-order valence-corrected chi connectivity index (χ0v) is 10.3. The number of thiazole rings is 1. The van der Waals surface area contributed by atoms with Crippen LogP contribution in [0.3, 0.4) is 0 Å². The second-order valence-electron chi connectivity index (χ2n) is 4.45. The van der Waals surface area contributed by atoms with Gasteiger partial charge in [0.2, 0.25) is 0 Å². The Morgan fingerprint density at radius 1 is 1.69 bits per heavy atom. The summed E-state index contributed by atoms with van der Waals surface area (Å²) < 4.78 is 0. The molecule has 0 aliphatic rings. The van der Waals surface area contributed by atoms with Crippen molar-refractivity contribution in [3.8, 4) is 12.3 Å². The second kappa shape index (κ2) is 4.54. The minimum Gasteiger partial charge on any atom is -0.476 e. The van der Waals surface area contributed by atoms with Crippen LogP contribution in [0.1, 0.15) is 31.3 Å². The predicted octanol–water partition coefficient (Wildman–Crippen LogP) is 2.30. The number of carbonyl (C=O) groups is 1. The van der Waals surface area contributed by atoms with Gasteiger partial charge in [0, 0.05) is 5.38 Å². The van der Waals surface area contributed by atoms with Gasteiger partial charge in [0.05, 0.1) is 6.04 Å². The highest BCUT2D eigenvalue weighted by atomic mass is 32.1. The van der Waals surface area contributed by atoms with Gasteiger partial charge >= 0.3 is 5.97 Å². The molecule has 1 rings (SSSR count). The van der Waals surface area contributed by atoms with Crippen LogP contribution in [0.5, 0.6) is 0 Å². The van der Waals surface area contributed by atoms with Crippen LogP contribution in [0.25, 0.3) is 0 Å². The number of aromatic nitrogens is 1. The van der Waals surface area contributed by atoms with Crippen molar-refractivity contribution in [1.82, 2.24) is 4.98 Å². The SMILES string of the molecule is C#CC(Nc1nc(C(=O)O)cs1)C(C)(C)C. The number of carboxylic acids is 1. The molecule has 1 aromatic heterocycles. The molecule has 4 nitrogen and oxygen atoms in total. The molecule has 0 saturated carbocycles. The summed E-state index contributed by atoms with van der Waals surface area (Å²) >= 11 is 1.24. The van der Waals surface area contributed by atoms with Crippen LogP contribution in [0.2, 0.25) is 0 Å². The Morgan fingerprint density at radius 3 is 2.69 bits per heavy atom. The number of nitrogens with one attached hydrogen (secondary N) is 1. The third kappa shape index (κ3) is 2.97. The molecule has 1 heterocycles. The van der Waals surface area contributed by atoms with Crippen LogP contribution in [0.4, 0.5) is 5.13 Å². The van der Waals surface area contributed by atoms with E-state index in [0.29, 0.717) is 5.13 Å². The van der Waals surface area contributed by atoms with Crippen molar-refractivity contribution in [2.45, 2.75) is 26.8 Å². The van der Waals surface area contributed by atoms with Gasteiger partial charge in [-0.05, 0) is 5.41 Å². The first-order valence-electron chi connectivity index (χ1n) is 4.76. The minimum atomic E-state index is -1.03. The van der Waals surface area contributed by atoms with Gasteiger partial charge in [0.25, 0.3) is 0 Å². The monoisotopic (exact) mass is 238 g/mol. The molecule has 0 aromatic carbocycles. The van der Waals surface area contributed by atoms with Crippen LogP contribution in [-0.2, 0) is 0 Å². The molecule has 2 N–H and O–H groups in total. The first-order valence-corrected chi connectivity index (χ1v) is 5.64. The zero-order chi connectivity index (χ0) is 12.3. The van der Waals surface area contributed by atoms with E-state index in [4.69, 9.17) is 11.5 Å². The molecule has 0 aliphatic heterocycles. The quantitative estimate of drug-likeness (QED) is 0.793. The van der Waals surface area contributed by atoms with E-state index in [9.17, 15) is 4.79 Å². The molecule has 0 saturated heterocycles. The van der Waals surface area contributed by atoms with Crippen LogP contribution in [0.15, 0.2) is 5.38 Å². The summed E-state index contributed by atoms with van der Waals surface area (Å²) in [5, 5.41) is 13.8. The first-order chi connectivity index (χ1) is 7.34. The molecule has 86 valence electrons. The van der Waals surface area contributed by atoms with Gasteiger partial charge in [-0.15, -0.1) is 17.8 Å². The third-order valence-corrected chi connectivity index (χ3v) is 2.80. The molecule has 0 radical (unpaired) electrons. The molecule has 0 fully saturated rings. The molecule has 1 unspecified atom stereocenters. The molecule has 0 aliphatic carbocycles. The molecule has 0 spiro atoms. The normalized spacial score (nSPS) is 12.9. The van der Waals surface area contributed by atoms with Crippen LogP contribution in [-0.4, -0.2) is 22.1 Å². The number of aromatic carboxylic acids is 1. The van der Waals surface area contributed by atoms with Crippen LogP contribution >= 0.6 is 11.3 Å². The van der Waals surface area contributed by atoms with Crippen molar-refractivity contribution < 1.29 is 9.90 Å². The zero-order valence-electron chi connectivity index (χ0n) is 9.44. The summed E-state index contributed by atoms with van der Waals surface area (Å²) in [5.74, 6) is 1.61. The molecule has 16 heavy (non-hydrogen) atoms. The maximum absolute atomic E-state index is 10.6. The molecular weight excluding hydrogens is 224 g/mol. The number of rotatable bonds is 3. The summed E-state index contributed by atoms with van der Waals surface area (Å²) in [5.41, 5.74) is -0.0683. The largest absolute Gasteiger partial charge is 0.476 e. The van der Waals surface area contributed by atoms with Gasteiger partial charge in [-0.2, -0.15) is 0 Å². The molecular formula is C11H14N2O2S. The highest BCUT2D eigenvalue weighted by molar-refractivity contribution is 7.13. The molecule has 5 heteroatoms. The van der Waals surface area contributed by atoms with Crippen molar-refractivity contribution in [2.75, 3.05) is 5.32 Å². The molecule has 0 amide bonds. The highest BCUT2D eigenvalue weighted by Gasteiger charge is 2.23. The number of hydrogen-bond acceptors (Lipinski definition) is 4. The fourth-order valence-electron chi connectivity index (χ4n) is 1.07. The fourth-order valence-corrected chi connectivity index (χ4v) is 1.78. The Balaban J connectivity index is 2.80. The summed E-state index contributed by atoms with van der Waals surface area (Å²) in [6, 6.07) is -0.180. The van der Waals surface area contributed by atoms with E-state index in [1.807, 2.05) is 20.8 Å². The standard InChI is InChI=1S/C11H14N2O2S/c1-5-8(11(2,3)4)13-10-12-7(6-16-10)9(14)15/h1,6,8H,2-4H3,(H,12,13)(H,14,15). The van der Waals surface area contributed by atoms with Gasteiger partial charge in [0.15, 0.2) is 10.8 Å². The molecule has 0 bridgehead atoms. The maximum atomic E-state index is 10.6. The molecule has 1 atom stereocenters. The number of nitrogens with zero attached hydrogens (tertiary/aromatic N) is 1. The van der Waals surface area contributed by atoms with E-state index in [0.717, 1.165) is 0 Å². The molecule has 1 aromatic rings. The number of terminal acetylenes is 1. The van der Waals surface area contributed by atoms with Gasteiger partial charge in [0.1, 0.15) is 0 Å². The number of hydrogen-bond donors (Lipinski definition) is 2. The topological polar surface area (TPSA) is 62.2 Å². The van der Waals surface area contributed by atoms with Crippen molar-refractivity contribution in [3.05, 3.63) is 11.1 Å². The van der Waals surface area contributed by atoms with Gasteiger partial charge in [-0.1, -0.05) is 26.7 Å². The number of anilines is 1. The van der Waals surface area contributed by atoms with Crippen molar-refractivity contribution in [1.29, 1.82) is 0 Å². The van der Waals surface area contributed by atoms with E-state index >= 15 is 0 Å². The van der Waals surface area contributed by atoms with Crippen molar-refractivity contribution in [3.63, 3.8) is 0 Å². The average molecular weight is 238 g/mol. The minimum absolute atomic E-state index is 0.0391. The van der Waals surface area contributed by atoms with Gasteiger partial charge < -0.3 is 10.4 Å². The Kier molecular flexibility index (Phi) is 3.55. The summed E-state index contributed by atoms with van der Waals surface area (Å²) in [6.45, 7) is 6.03. The Morgan fingerprint density at radius 2 is 2.31 bits per heavy atom. The van der Waals surface area contributed by atoms with E-state index in [-0.39, 0.29) is 17.2 Å². The lowest BCUT2D eigenvalue weighted by Crippen LogP contribution is -2.32. The lowest BCUT2D eigenvalue weighted by Gasteiger charge is -2.26. The Labute approximate surface area is 98.7 Å². The van der Waals surface area contributed by atoms with Crippen LogP contribution in [0, 0.1) is 17.8 Å². The van der Waals surface area contributed by atoms with Crippen LogP contribution < -0.4 is 5.32 Å². The van der Waals surface area contributed by atoms with Crippen molar-refractivity contribution >= 4 is 22.4 Å². The smallest absolute Gasteiger partial charge is 0.355 e. The Bertz CT molecular complexity index is 426. The second-order valence-corrected chi connectivity index (χ2v) is 5.31. The van der Waals surface area contributed by atoms with Gasteiger partial charge in [-0.3, -0.25) is 0 Å². The summed E-state index contributed by atoms with van der Waals surface area (Å²) in [7, 11) is 0. The highest BCUT2D eigenvalue weighted by Crippen LogP contribution is 2.24. The fraction of sp³-hybridized carbons (Fsp3) is 0.455. The third-order valence-electron chi connectivity index (χ3n) is 2.02. The lowest BCUT2D eigenvalue weighted by molar-refractivity contribution is 0.0691. The summed E-state index contributed by atoms with van der Waals surface area (Å²) in [4.78, 5) is 14.6. The van der Waals surface area contributed by atoms with E-state index in [1.54, 1.807) is 0 Å². The lowest BCUT2D eigenvalue weighted by atomic mass is 9.87. The predicted molar refractivity (Wildman–Crippen MR) is 64.8 cm³/mol. The maximum Gasteiger partial charge on any atom is 0.355 e. The van der Waals surface area contributed by atoms with E-state index in [2.05, 4.69) is 16.2 Å². The summed E-state index contributed by atoms with van der Waals surface area (Å²) in [6.07, 6.45) is 5.42. The van der Waals surface area contributed by atoms with E-state index < -0.39 is 5.97 Å². The first kappa shape index (κ1) is 12.5. The van der Waals surface area contributed by atoms with E-state index in [1.165, 1.54) is 16.7 Å². The van der Waals surface area contributed by atoms with Crippen molar-refractivity contribution in [2.24, 2.45) is 5.41 Å².